The zero-order valence-corrected chi connectivity index (χ0v) is 16.6. The molecule has 10 nitrogen and oxygen atoms in total. The Morgan fingerprint density at radius 1 is 1.25 bits per heavy atom. The number of nitrogens with one attached hydrogen (secondary N) is 3. The number of hydrogen-bond acceptors (Lipinski definition) is 8. The molecule has 28 heavy (non-hydrogen) atoms. The lowest BCUT2D eigenvalue weighted by Crippen LogP contribution is -2.41. The van der Waals surface area contributed by atoms with Gasteiger partial charge in [0.2, 0.25) is 0 Å². The van der Waals surface area contributed by atoms with E-state index in [1.165, 1.54) is 12.8 Å². The van der Waals surface area contributed by atoms with E-state index in [1.807, 2.05) is 0 Å². The Bertz CT molecular complexity index is 679. The van der Waals surface area contributed by atoms with Gasteiger partial charge in [-0.05, 0) is 38.3 Å². The van der Waals surface area contributed by atoms with Gasteiger partial charge >= 0.3 is 0 Å². The van der Waals surface area contributed by atoms with Crippen LogP contribution < -0.4 is 22.1 Å². The molecular formula is C17H29ClN8O2. The first kappa shape index (κ1) is 22.1. The van der Waals surface area contributed by atoms with E-state index in [-0.39, 0.29) is 35.0 Å². The second-order valence-electron chi connectivity index (χ2n) is 6.89. The largest absolute Gasteiger partial charge is 0.395 e. The van der Waals surface area contributed by atoms with Crippen LogP contribution in [0.25, 0.3) is 0 Å². The molecule has 1 fully saturated rings. The predicted molar refractivity (Wildman–Crippen MR) is 109 cm³/mol. The summed E-state index contributed by atoms with van der Waals surface area (Å²) in [5, 5.41) is 21.9. The third-order valence-electron chi connectivity index (χ3n) is 4.82. The highest BCUT2D eigenvalue weighted by molar-refractivity contribution is 6.31. The number of unbranched alkanes of at least 4 members (excludes halogenated alkanes) is 1. The van der Waals surface area contributed by atoms with E-state index >= 15 is 0 Å². The molecule has 0 unspecified atom stereocenters. The van der Waals surface area contributed by atoms with Crippen molar-refractivity contribution in [2.24, 2.45) is 5.92 Å². The molecule has 0 aliphatic carbocycles. The smallest absolute Gasteiger partial charge is 0.280 e. The topological polar surface area (TPSA) is 166 Å². The summed E-state index contributed by atoms with van der Waals surface area (Å²) in [7, 11) is 0. The number of halogens is 1. The third-order valence-corrected chi connectivity index (χ3v) is 5.10. The zero-order chi connectivity index (χ0) is 20.5. The minimum absolute atomic E-state index is 0.0528. The second-order valence-corrected chi connectivity index (χ2v) is 7.25. The van der Waals surface area contributed by atoms with Crippen LogP contribution in [0.1, 0.15) is 42.6 Å². The number of carbonyl (C=O) groups excluding carboxylic acids is 1. The Labute approximate surface area is 169 Å². The van der Waals surface area contributed by atoms with E-state index in [9.17, 15) is 4.79 Å². The zero-order valence-electron chi connectivity index (χ0n) is 15.9. The molecule has 156 valence electrons. The number of anilines is 2. The summed E-state index contributed by atoms with van der Waals surface area (Å²) in [4.78, 5) is 22.0. The molecule has 1 aromatic rings. The molecule has 0 saturated carbocycles. The van der Waals surface area contributed by atoms with Crippen molar-refractivity contribution in [3.8, 4) is 0 Å². The highest BCUT2D eigenvalue weighted by Crippen LogP contribution is 2.22. The van der Waals surface area contributed by atoms with Gasteiger partial charge in [0.25, 0.3) is 5.91 Å². The summed E-state index contributed by atoms with van der Waals surface area (Å²) in [6.07, 6.45) is 5.47. The number of piperidine rings is 1. The molecule has 1 aliphatic heterocycles. The first-order chi connectivity index (χ1) is 13.4. The maximum absolute atomic E-state index is 12.1. The molecule has 1 aromatic heterocycles. The Morgan fingerprint density at radius 2 is 1.96 bits per heavy atom. The van der Waals surface area contributed by atoms with Crippen LogP contribution in [0, 0.1) is 11.3 Å². The number of β-amino-alcohol motifs (C(OH)–C–C–N with tert-alkyl or cyclic N) is 1. The van der Waals surface area contributed by atoms with Gasteiger partial charge in [0.15, 0.2) is 28.4 Å². The van der Waals surface area contributed by atoms with E-state index in [0.29, 0.717) is 6.54 Å². The maximum atomic E-state index is 12.1. The van der Waals surface area contributed by atoms with Gasteiger partial charge in [0, 0.05) is 13.1 Å². The van der Waals surface area contributed by atoms with Crippen molar-refractivity contribution in [2.75, 3.05) is 44.3 Å². The van der Waals surface area contributed by atoms with Crippen LogP contribution in [0.5, 0.6) is 0 Å². The Balaban J connectivity index is 1.61. The highest BCUT2D eigenvalue weighted by Gasteiger charge is 2.19. The quantitative estimate of drug-likeness (QED) is 0.203. The SMILES string of the molecule is N=C(NCCCCC1CCN(CCO)CC1)NC(=O)c1nc(Cl)c(N)nc1N. The van der Waals surface area contributed by atoms with E-state index in [2.05, 4.69) is 25.5 Å². The fourth-order valence-corrected chi connectivity index (χ4v) is 3.36. The monoisotopic (exact) mass is 412 g/mol. The molecule has 11 heteroatoms. The van der Waals surface area contributed by atoms with Crippen molar-refractivity contribution < 1.29 is 9.90 Å². The summed E-state index contributed by atoms with van der Waals surface area (Å²) in [5.74, 6) is -0.262. The number of rotatable bonds is 8. The van der Waals surface area contributed by atoms with Crippen LogP contribution in [0.15, 0.2) is 0 Å². The Hall–Kier alpha value is -2.17. The molecule has 1 saturated heterocycles. The lowest BCUT2D eigenvalue weighted by atomic mass is 9.91. The van der Waals surface area contributed by atoms with Crippen molar-refractivity contribution in [2.45, 2.75) is 32.1 Å². The molecular weight excluding hydrogens is 384 g/mol. The summed E-state index contributed by atoms with van der Waals surface area (Å²) >= 11 is 5.76. The van der Waals surface area contributed by atoms with Crippen LogP contribution in [0.3, 0.4) is 0 Å². The number of nitrogen functional groups attached to an aromatic ring is 2. The van der Waals surface area contributed by atoms with Crippen LogP contribution >= 0.6 is 11.6 Å². The number of carbonyl (C=O) groups is 1. The summed E-state index contributed by atoms with van der Waals surface area (Å²) in [5.41, 5.74) is 10.9. The highest BCUT2D eigenvalue weighted by atomic mass is 35.5. The minimum atomic E-state index is -0.668. The van der Waals surface area contributed by atoms with E-state index < -0.39 is 5.91 Å². The van der Waals surface area contributed by atoms with E-state index in [0.717, 1.165) is 44.8 Å². The fourth-order valence-electron chi connectivity index (χ4n) is 3.24. The molecule has 2 heterocycles. The number of nitrogens with two attached hydrogens (primary N) is 2. The van der Waals surface area contributed by atoms with Gasteiger partial charge in [-0.15, -0.1) is 0 Å². The minimum Gasteiger partial charge on any atom is -0.395 e. The van der Waals surface area contributed by atoms with Crippen molar-refractivity contribution >= 4 is 35.1 Å². The number of aliphatic hydroxyl groups is 1. The predicted octanol–water partition coefficient (Wildman–Crippen LogP) is 0.423. The first-order valence-electron chi connectivity index (χ1n) is 9.46. The Kier molecular flexibility index (Phi) is 8.68. The number of aliphatic hydroxyl groups excluding tert-OH is 1. The Morgan fingerprint density at radius 3 is 2.64 bits per heavy atom. The average Bonchev–Trinajstić information content (AvgIpc) is 2.66. The average molecular weight is 413 g/mol. The molecule has 0 bridgehead atoms. The van der Waals surface area contributed by atoms with E-state index in [1.54, 1.807) is 0 Å². The van der Waals surface area contributed by atoms with Crippen LogP contribution in [-0.2, 0) is 0 Å². The third kappa shape index (κ3) is 6.77. The standard InChI is InChI=1S/C17H29ClN8O2/c18-13-15(20)24-14(19)12(23-13)16(28)25-17(21)22-6-2-1-3-11-4-7-26(8-5-11)9-10-27/h11,27H,1-10H2,(H4,19,20,24)(H3,21,22,25,28). The van der Waals surface area contributed by atoms with Gasteiger partial charge in [-0.25, -0.2) is 9.97 Å². The van der Waals surface area contributed by atoms with Crippen LogP contribution in [-0.4, -0.2) is 64.6 Å². The number of nitrogens with zero attached hydrogens (tertiary/aromatic N) is 3. The van der Waals surface area contributed by atoms with Gasteiger partial charge in [0.1, 0.15) is 0 Å². The van der Waals surface area contributed by atoms with E-state index in [4.69, 9.17) is 33.6 Å². The number of amides is 1. The number of likely N-dealkylation sites (tertiary alicyclic amines) is 1. The number of guanidine groups is 1. The lowest BCUT2D eigenvalue weighted by molar-refractivity contribution is 0.0971. The van der Waals surface area contributed by atoms with Gasteiger partial charge < -0.3 is 26.8 Å². The lowest BCUT2D eigenvalue weighted by Gasteiger charge is -2.31. The molecule has 1 aliphatic rings. The van der Waals surface area contributed by atoms with Gasteiger partial charge in [-0.3, -0.25) is 15.5 Å². The molecule has 0 spiro atoms. The fraction of sp³-hybridized carbons (Fsp3) is 0.647. The van der Waals surface area contributed by atoms with Crippen molar-refractivity contribution in [3.05, 3.63) is 10.8 Å². The maximum Gasteiger partial charge on any atom is 0.280 e. The van der Waals surface area contributed by atoms with Gasteiger partial charge in [-0.2, -0.15) is 0 Å². The summed E-state index contributed by atoms with van der Waals surface area (Å²) in [6.45, 7) is 3.70. The molecule has 8 N–H and O–H groups in total. The summed E-state index contributed by atoms with van der Waals surface area (Å²) in [6, 6.07) is 0. The van der Waals surface area contributed by atoms with Crippen molar-refractivity contribution in [1.29, 1.82) is 5.41 Å². The number of aromatic nitrogens is 2. The molecule has 1 amide bonds. The first-order valence-corrected chi connectivity index (χ1v) is 9.84. The summed E-state index contributed by atoms with van der Waals surface area (Å²) < 4.78 is 0. The molecule has 0 atom stereocenters. The van der Waals surface area contributed by atoms with Crippen LogP contribution in [0.4, 0.5) is 11.6 Å². The molecule has 0 aromatic carbocycles. The molecule has 0 radical (unpaired) electrons. The normalized spacial score (nSPS) is 15.4. The van der Waals surface area contributed by atoms with Crippen molar-refractivity contribution in [1.82, 2.24) is 25.5 Å². The molecule has 2 rings (SSSR count). The number of hydrogen-bond donors (Lipinski definition) is 6. The van der Waals surface area contributed by atoms with Gasteiger partial charge in [-0.1, -0.05) is 24.4 Å². The van der Waals surface area contributed by atoms with Crippen LogP contribution in [0.2, 0.25) is 5.15 Å². The van der Waals surface area contributed by atoms with Crippen molar-refractivity contribution in [3.63, 3.8) is 0 Å². The van der Waals surface area contributed by atoms with Gasteiger partial charge in [0.05, 0.1) is 6.61 Å². The second kappa shape index (κ2) is 11.0.